The largest absolute Gasteiger partial charge is 0.497 e. The number of ether oxygens (including phenoxy) is 4. The summed E-state index contributed by atoms with van der Waals surface area (Å²) in [6.45, 7) is 0.501. The van der Waals surface area contributed by atoms with Gasteiger partial charge in [0.15, 0.2) is 17.0 Å². The molecule has 8 rings (SSSR count). The molecule has 2 heterocycles. The van der Waals surface area contributed by atoms with E-state index in [1.807, 2.05) is 121 Å². The predicted molar refractivity (Wildman–Crippen MR) is 238 cm³/mol. The molecule has 61 heavy (non-hydrogen) atoms. The Morgan fingerprint density at radius 3 is 1.54 bits per heavy atom. The number of aliphatic hydroxyl groups excluding tert-OH is 1. The van der Waals surface area contributed by atoms with Gasteiger partial charge in [-0.2, -0.15) is 9.97 Å². The lowest BCUT2D eigenvalue weighted by Gasteiger charge is -2.37. The van der Waals surface area contributed by atoms with Gasteiger partial charge >= 0.3 is 0 Å². The van der Waals surface area contributed by atoms with Gasteiger partial charge in [0, 0.05) is 7.05 Å². The van der Waals surface area contributed by atoms with Crippen molar-refractivity contribution >= 4 is 22.9 Å². The van der Waals surface area contributed by atoms with Crippen LogP contribution in [0.2, 0.25) is 0 Å². The summed E-state index contributed by atoms with van der Waals surface area (Å²) in [5, 5.41) is 18.5. The zero-order chi connectivity index (χ0) is 42.1. The van der Waals surface area contributed by atoms with E-state index >= 15 is 0 Å². The van der Waals surface area contributed by atoms with Gasteiger partial charge in [-0.25, -0.2) is 4.98 Å². The lowest BCUT2D eigenvalue weighted by molar-refractivity contribution is -0.154. The Balaban J connectivity index is 1.07. The lowest BCUT2D eigenvalue weighted by atomic mass is 9.77. The predicted octanol–water partition coefficient (Wildman–Crippen LogP) is 9.15. The van der Waals surface area contributed by atoms with E-state index in [4.69, 9.17) is 28.9 Å². The standard InChI is InChI=1S/C50H48N6O5/c1-51-45-44-46(54-47(53-45)55-49(36-17-8-4-9-18-36,37-19-10-5-11-20-37)38-25-29-42(58-2)30-26-38)56(35-52-44)48(57)60-33-16-34-61-50(39-21-12-6-13-22-39,40-23-14-7-15-24-40)41-27-31-43(59-3)32-28-41/h4-15,17-32,35,48,57H,16,33-34H2,1-3H3,(H2,51,53,54,55). The van der Waals surface area contributed by atoms with E-state index in [-0.39, 0.29) is 6.61 Å². The highest BCUT2D eigenvalue weighted by Crippen LogP contribution is 2.42. The van der Waals surface area contributed by atoms with Crippen molar-refractivity contribution in [1.29, 1.82) is 0 Å². The SMILES string of the molecule is CNc1nc(NC(c2ccccc2)(c2ccccc2)c2ccc(OC)cc2)nc2c1ncn2C(O)OCCCOC(c1ccccc1)(c1ccccc1)c1ccc(OC)cc1. The van der Waals surface area contributed by atoms with E-state index in [1.165, 1.54) is 10.9 Å². The van der Waals surface area contributed by atoms with Gasteiger partial charge in [0.1, 0.15) is 29.0 Å². The van der Waals surface area contributed by atoms with Crippen LogP contribution in [0.15, 0.2) is 176 Å². The van der Waals surface area contributed by atoms with Gasteiger partial charge in [-0.15, -0.1) is 0 Å². The van der Waals surface area contributed by atoms with E-state index in [0.717, 1.165) is 44.9 Å². The molecule has 0 amide bonds. The monoisotopic (exact) mass is 812 g/mol. The second kappa shape index (κ2) is 18.5. The average Bonchev–Trinajstić information content (AvgIpc) is 3.77. The summed E-state index contributed by atoms with van der Waals surface area (Å²) in [4.78, 5) is 14.5. The summed E-state index contributed by atoms with van der Waals surface area (Å²) in [7, 11) is 5.08. The van der Waals surface area contributed by atoms with Crippen molar-refractivity contribution in [2.24, 2.45) is 0 Å². The third kappa shape index (κ3) is 8.14. The van der Waals surface area contributed by atoms with Crippen LogP contribution >= 0.6 is 0 Å². The molecule has 8 aromatic rings. The van der Waals surface area contributed by atoms with Crippen molar-refractivity contribution < 1.29 is 24.1 Å². The molecule has 0 aliphatic heterocycles. The number of rotatable bonds is 18. The van der Waals surface area contributed by atoms with Crippen LogP contribution in [0.25, 0.3) is 11.2 Å². The summed E-state index contributed by atoms with van der Waals surface area (Å²) < 4.78 is 25.5. The first-order valence-electron chi connectivity index (χ1n) is 20.2. The summed E-state index contributed by atoms with van der Waals surface area (Å²) in [5.74, 6) is 2.28. The number of methoxy groups -OCH3 is 2. The molecule has 0 saturated carbocycles. The second-order valence-corrected chi connectivity index (χ2v) is 14.3. The van der Waals surface area contributed by atoms with Crippen LogP contribution in [0.3, 0.4) is 0 Å². The van der Waals surface area contributed by atoms with E-state index < -0.39 is 17.6 Å². The lowest BCUT2D eigenvalue weighted by Crippen LogP contribution is -2.38. The highest BCUT2D eigenvalue weighted by molar-refractivity contribution is 5.84. The smallest absolute Gasteiger partial charge is 0.244 e. The Hall–Kier alpha value is -7.05. The normalized spacial score (nSPS) is 12.2. The summed E-state index contributed by atoms with van der Waals surface area (Å²) in [6.07, 6.45) is 0.584. The molecule has 0 spiro atoms. The molecule has 0 bridgehead atoms. The highest BCUT2D eigenvalue weighted by Gasteiger charge is 2.39. The third-order valence-corrected chi connectivity index (χ3v) is 10.9. The Morgan fingerprint density at radius 1 is 0.590 bits per heavy atom. The van der Waals surface area contributed by atoms with E-state index in [9.17, 15) is 5.11 Å². The summed E-state index contributed by atoms with van der Waals surface area (Å²) >= 11 is 0. The molecular weight excluding hydrogens is 765 g/mol. The Kier molecular flexibility index (Phi) is 12.3. The van der Waals surface area contributed by atoms with Gasteiger partial charge in [-0.1, -0.05) is 146 Å². The molecule has 0 fully saturated rings. The van der Waals surface area contributed by atoms with Gasteiger partial charge in [0.25, 0.3) is 0 Å². The molecule has 6 aromatic carbocycles. The number of imidazole rings is 1. The minimum absolute atomic E-state index is 0.181. The van der Waals surface area contributed by atoms with E-state index in [2.05, 4.69) is 64.1 Å². The second-order valence-electron chi connectivity index (χ2n) is 14.3. The van der Waals surface area contributed by atoms with Crippen LogP contribution in [0.4, 0.5) is 11.8 Å². The number of hydrogen-bond donors (Lipinski definition) is 3. The Morgan fingerprint density at radius 2 is 1.05 bits per heavy atom. The first-order valence-corrected chi connectivity index (χ1v) is 20.2. The first kappa shape index (κ1) is 40.7. The molecular formula is C50H48N6O5. The Bertz CT molecular complexity index is 2530. The number of aliphatic hydroxyl groups is 1. The molecule has 11 nitrogen and oxygen atoms in total. The minimum atomic E-state index is -1.40. The molecule has 0 saturated heterocycles. The van der Waals surface area contributed by atoms with Crippen molar-refractivity contribution in [1.82, 2.24) is 19.5 Å². The molecule has 11 heteroatoms. The maximum absolute atomic E-state index is 11.6. The van der Waals surface area contributed by atoms with Crippen molar-refractivity contribution in [2.45, 2.75) is 24.0 Å². The van der Waals surface area contributed by atoms with Crippen molar-refractivity contribution in [2.75, 3.05) is 45.1 Å². The quantitative estimate of drug-likeness (QED) is 0.0439. The van der Waals surface area contributed by atoms with E-state index in [0.29, 0.717) is 36.0 Å². The maximum Gasteiger partial charge on any atom is 0.244 e. The maximum atomic E-state index is 11.6. The van der Waals surface area contributed by atoms with Crippen LogP contribution < -0.4 is 20.1 Å². The number of aromatic nitrogens is 4. The molecule has 2 aromatic heterocycles. The van der Waals surface area contributed by atoms with Crippen molar-refractivity contribution in [3.05, 3.63) is 210 Å². The zero-order valence-electron chi connectivity index (χ0n) is 34.3. The minimum Gasteiger partial charge on any atom is -0.497 e. The van der Waals surface area contributed by atoms with Crippen molar-refractivity contribution in [3.63, 3.8) is 0 Å². The average molecular weight is 813 g/mol. The molecule has 3 N–H and O–H groups in total. The number of anilines is 2. The number of nitrogens with zero attached hydrogens (tertiary/aromatic N) is 4. The molecule has 0 aliphatic rings. The van der Waals surface area contributed by atoms with Crippen LogP contribution in [0.1, 0.15) is 46.2 Å². The van der Waals surface area contributed by atoms with Gasteiger partial charge in [0.2, 0.25) is 12.4 Å². The van der Waals surface area contributed by atoms with E-state index in [1.54, 1.807) is 21.3 Å². The van der Waals surface area contributed by atoms with Gasteiger partial charge < -0.3 is 34.7 Å². The molecule has 0 aliphatic carbocycles. The van der Waals surface area contributed by atoms with Crippen LogP contribution in [0.5, 0.6) is 11.5 Å². The number of hydrogen-bond acceptors (Lipinski definition) is 10. The molecule has 1 unspecified atom stereocenters. The van der Waals surface area contributed by atoms with Crippen molar-refractivity contribution in [3.8, 4) is 11.5 Å². The van der Waals surface area contributed by atoms with Gasteiger partial charge in [0.05, 0.1) is 27.4 Å². The molecule has 0 radical (unpaired) electrons. The fourth-order valence-electron chi connectivity index (χ4n) is 7.88. The summed E-state index contributed by atoms with van der Waals surface area (Å²) in [6, 6.07) is 56.6. The zero-order valence-corrected chi connectivity index (χ0v) is 34.3. The Labute approximate surface area is 355 Å². The van der Waals surface area contributed by atoms with Crippen LogP contribution in [-0.2, 0) is 20.6 Å². The molecule has 308 valence electrons. The topological polar surface area (TPSA) is 125 Å². The fourth-order valence-corrected chi connectivity index (χ4v) is 7.88. The molecule has 1 atom stereocenters. The fraction of sp³-hybridized carbons (Fsp3) is 0.180. The van der Waals surface area contributed by atoms with Gasteiger partial charge in [-0.05, 0) is 64.1 Å². The first-order chi connectivity index (χ1) is 30.0. The number of benzene rings is 6. The number of nitrogens with one attached hydrogen (secondary N) is 2. The highest BCUT2D eigenvalue weighted by atomic mass is 16.6. The number of fused-ring (bicyclic) bond motifs is 1. The van der Waals surface area contributed by atoms with Crippen LogP contribution in [0, 0.1) is 0 Å². The van der Waals surface area contributed by atoms with Crippen LogP contribution in [-0.4, -0.2) is 59.1 Å². The van der Waals surface area contributed by atoms with Gasteiger partial charge in [-0.3, -0.25) is 4.57 Å². The summed E-state index contributed by atoms with van der Waals surface area (Å²) in [5.41, 5.74) is 4.80. The third-order valence-electron chi connectivity index (χ3n) is 10.9.